The van der Waals surface area contributed by atoms with E-state index < -0.39 is 64.9 Å². The Hall–Kier alpha value is -5.68. The third-order valence-corrected chi connectivity index (χ3v) is 19.3. The molecular formula is C51H56N4O8S2Si. The summed E-state index contributed by atoms with van der Waals surface area (Å²) in [4.78, 5) is 36.2. The Kier molecular flexibility index (Phi) is 13.4. The van der Waals surface area contributed by atoms with Crippen molar-refractivity contribution in [2.75, 3.05) is 18.7 Å². The van der Waals surface area contributed by atoms with Crippen LogP contribution in [0.15, 0.2) is 155 Å². The molecule has 8 rings (SSSR count). The average Bonchev–Trinajstić information content (AvgIpc) is 3.90. The number of aromatic amines is 1. The van der Waals surface area contributed by atoms with E-state index in [1.54, 1.807) is 14.0 Å². The van der Waals surface area contributed by atoms with Crippen molar-refractivity contribution in [3.63, 3.8) is 0 Å². The molecule has 1 aliphatic heterocycles. The summed E-state index contributed by atoms with van der Waals surface area (Å²) in [5.41, 5.74) is 0.984. The van der Waals surface area contributed by atoms with Crippen LogP contribution in [0.2, 0.25) is 5.04 Å². The number of rotatable bonds is 16. The smallest absolute Gasteiger partial charge is 0.311 e. The molecule has 5 aromatic carbocycles. The number of nitrogens with zero attached hydrogens (tertiary/aromatic N) is 2. The van der Waals surface area contributed by atoms with Gasteiger partial charge in [0.05, 0.1) is 31.7 Å². The third kappa shape index (κ3) is 8.95. The van der Waals surface area contributed by atoms with Gasteiger partial charge in [0, 0.05) is 5.92 Å². The van der Waals surface area contributed by atoms with Crippen molar-refractivity contribution in [1.29, 1.82) is 0 Å². The molecule has 0 amide bonds. The van der Waals surface area contributed by atoms with Crippen LogP contribution in [0, 0.1) is 5.92 Å². The van der Waals surface area contributed by atoms with E-state index in [0.29, 0.717) is 18.6 Å². The number of aromatic nitrogens is 3. The normalized spacial score (nSPS) is 18.0. The number of methoxy groups -OCH3 is 1. The maximum absolute atomic E-state index is 14.4. The third-order valence-electron chi connectivity index (χ3n) is 12.6. The van der Waals surface area contributed by atoms with Crippen LogP contribution in [0.5, 0.6) is 5.75 Å². The molecular weight excluding hydrogens is 889 g/mol. The van der Waals surface area contributed by atoms with Crippen LogP contribution in [0.25, 0.3) is 10.3 Å². The quantitative estimate of drug-likeness (QED) is 0.0552. The molecule has 0 aliphatic carbocycles. The molecule has 0 radical (unpaired) electrons. The van der Waals surface area contributed by atoms with Crippen LogP contribution in [0.3, 0.4) is 0 Å². The molecule has 1 saturated heterocycles. The first kappa shape index (κ1) is 46.8. The van der Waals surface area contributed by atoms with Crippen molar-refractivity contribution in [3.8, 4) is 5.75 Å². The van der Waals surface area contributed by atoms with Crippen LogP contribution in [-0.4, -0.2) is 62.9 Å². The Morgan fingerprint density at radius 2 is 1.35 bits per heavy atom. The Bertz CT molecular complexity index is 2900. The van der Waals surface area contributed by atoms with Gasteiger partial charge in [-0.25, -0.2) is 0 Å². The number of fused-ring (bicyclic) bond motifs is 1. The van der Waals surface area contributed by atoms with E-state index in [0.717, 1.165) is 44.7 Å². The highest BCUT2D eigenvalue weighted by molar-refractivity contribution is 7.86. The summed E-state index contributed by atoms with van der Waals surface area (Å²) in [5.74, 6) is 0.0851. The van der Waals surface area contributed by atoms with E-state index in [4.69, 9.17) is 23.1 Å². The zero-order valence-corrected chi connectivity index (χ0v) is 40.8. The fourth-order valence-corrected chi connectivity index (χ4v) is 16.0. The molecule has 1 fully saturated rings. The minimum absolute atomic E-state index is 0.0872. The van der Waals surface area contributed by atoms with Crippen LogP contribution in [0.4, 0.5) is 5.95 Å². The number of ether oxygens (including phenoxy) is 2. The van der Waals surface area contributed by atoms with Crippen molar-refractivity contribution >= 4 is 56.4 Å². The number of H-pyrrole nitrogens is 1. The van der Waals surface area contributed by atoms with Gasteiger partial charge in [-0.1, -0.05) is 172 Å². The van der Waals surface area contributed by atoms with Gasteiger partial charge in [-0.15, -0.1) is 0 Å². The number of hydrogen-bond donors (Lipinski definition) is 2. The van der Waals surface area contributed by atoms with E-state index in [-0.39, 0.29) is 21.3 Å². The number of nitrogens with one attached hydrogen (secondary N) is 2. The summed E-state index contributed by atoms with van der Waals surface area (Å²) in [6, 6.07) is 48.0. The molecule has 5 atom stereocenters. The van der Waals surface area contributed by atoms with Crippen molar-refractivity contribution in [1.82, 2.24) is 14.5 Å². The molecule has 66 heavy (non-hydrogen) atoms. The molecule has 7 aromatic rings. The molecule has 344 valence electrons. The van der Waals surface area contributed by atoms with Crippen LogP contribution in [-0.2, 0) is 29.0 Å². The lowest BCUT2D eigenvalue weighted by Crippen LogP contribution is -2.68. The maximum Gasteiger partial charge on any atom is 0.311 e. The van der Waals surface area contributed by atoms with Crippen LogP contribution < -0.4 is 30.9 Å². The van der Waals surface area contributed by atoms with Gasteiger partial charge in [0.15, 0.2) is 5.65 Å². The van der Waals surface area contributed by atoms with Crippen molar-refractivity contribution in [3.05, 3.63) is 182 Å². The molecule has 2 aromatic heterocycles. The molecule has 0 bridgehead atoms. The highest BCUT2D eigenvalue weighted by Gasteiger charge is 2.54. The second kappa shape index (κ2) is 18.9. The van der Waals surface area contributed by atoms with Gasteiger partial charge >= 0.3 is 4.87 Å². The first-order valence-electron chi connectivity index (χ1n) is 22.1. The van der Waals surface area contributed by atoms with Crippen LogP contribution in [0.1, 0.15) is 70.4 Å². The number of hydrogen-bond acceptors (Lipinski definition) is 11. The highest BCUT2D eigenvalue weighted by atomic mass is 32.2. The minimum Gasteiger partial charge on any atom is -0.497 e. The second-order valence-electron chi connectivity index (χ2n) is 17.8. The summed E-state index contributed by atoms with van der Waals surface area (Å²) in [6.45, 7) is 10.3. The Morgan fingerprint density at radius 3 is 1.83 bits per heavy atom. The van der Waals surface area contributed by atoms with E-state index in [1.165, 1.54) is 4.57 Å². The molecule has 0 unspecified atom stereocenters. The Morgan fingerprint density at radius 1 is 0.833 bits per heavy atom. The van der Waals surface area contributed by atoms with Gasteiger partial charge in [0.1, 0.15) is 22.2 Å². The number of thiazole rings is 1. The van der Waals surface area contributed by atoms with E-state index in [2.05, 4.69) is 55.3 Å². The summed E-state index contributed by atoms with van der Waals surface area (Å²) in [7, 11) is -5.43. The minimum atomic E-state index is -3.94. The second-order valence-corrected chi connectivity index (χ2v) is 24.7. The topological polar surface area (TPSA) is 151 Å². The van der Waals surface area contributed by atoms with E-state index >= 15 is 0 Å². The van der Waals surface area contributed by atoms with Crippen molar-refractivity contribution < 1.29 is 26.5 Å². The monoisotopic (exact) mass is 944 g/mol. The molecule has 15 heteroatoms. The summed E-state index contributed by atoms with van der Waals surface area (Å²) in [6.07, 6.45) is -1.27. The van der Waals surface area contributed by atoms with Gasteiger partial charge in [-0.2, -0.15) is 13.4 Å². The zero-order chi connectivity index (χ0) is 46.9. The standard InChI is InChI=1S/C51H56N4O8S2Si/c1-8-42(63-66(50(3,4)5,39-25-17-11-18-26-39)40-27-19-12-20-28-40)43-33-41(34(2)62-65(7,58)59)47(61-43)55-45-44(64-49(55)57)46(56)53-48(52-45)54-51(35-21-13-9-14-22-35,36-23-15-10-16-24-36)37-29-31-38(60-6)32-30-37/h9-32,34,41-43,47H,8,33H2,1-7H3,(H2,52,53,54,56)/t34-,41+,42+,43+,47-/m1/s1. The van der Waals surface area contributed by atoms with Crippen molar-refractivity contribution in [2.45, 2.75) is 82.6 Å². The fourth-order valence-electron chi connectivity index (χ4n) is 9.65. The summed E-state index contributed by atoms with van der Waals surface area (Å²) < 4.78 is 52.9. The number of benzene rings is 5. The van der Waals surface area contributed by atoms with Gasteiger partial charge in [0.2, 0.25) is 5.95 Å². The fraction of sp³-hybridized carbons (Fsp3) is 0.314. The van der Waals surface area contributed by atoms with Crippen LogP contribution >= 0.6 is 11.3 Å². The molecule has 1 aliphatic rings. The first-order valence-corrected chi connectivity index (χ1v) is 26.7. The Labute approximate surface area is 390 Å². The zero-order valence-electron chi connectivity index (χ0n) is 38.1. The SMILES string of the molecule is CC[C@H](O[Si](c1ccccc1)(c1ccccc1)C(C)(C)C)[C@@H]1C[C@@H]([C@@H](C)OS(C)(=O)=O)[C@H](n2c(=O)sc3c(=O)[nH]c(NC(c4ccccc4)(c4ccccc4)c4ccc(OC)cc4)nc32)O1. The maximum atomic E-state index is 14.4. The predicted molar refractivity (Wildman–Crippen MR) is 264 cm³/mol. The first-order chi connectivity index (χ1) is 31.6. The lowest BCUT2D eigenvalue weighted by atomic mass is 9.77. The van der Waals surface area contributed by atoms with Gasteiger partial charge < -0.3 is 19.2 Å². The van der Waals surface area contributed by atoms with Gasteiger partial charge in [-0.05, 0) is 64.0 Å². The predicted octanol–water partition coefficient (Wildman–Crippen LogP) is 8.18. The summed E-state index contributed by atoms with van der Waals surface area (Å²) in [5, 5.41) is 5.49. The van der Waals surface area contributed by atoms with E-state index in [1.807, 2.05) is 128 Å². The molecule has 12 nitrogen and oxygen atoms in total. The molecule has 0 saturated carbocycles. The molecule has 0 spiro atoms. The number of anilines is 1. The van der Waals surface area contributed by atoms with Gasteiger partial charge in [0.25, 0.3) is 24.0 Å². The Balaban J connectivity index is 1.26. The lowest BCUT2D eigenvalue weighted by Gasteiger charge is -2.46. The van der Waals surface area contributed by atoms with Gasteiger partial charge in [-0.3, -0.25) is 23.3 Å². The van der Waals surface area contributed by atoms with E-state index in [9.17, 15) is 18.0 Å². The molecule has 3 heterocycles. The largest absolute Gasteiger partial charge is 0.497 e. The molecule has 2 N–H and O–H groups in total. The van der Waals surface area contributed by atoms with Crippen molar-refractivity contribution in [2.24, 2.45) is 5.92 Å². The summed E-state index contributed by atoms with van der Waals surface area (Å²) >= 11 is 0.758. The highest BCUT2D eigenvalue weighted by Crippen LogP contribution is 2.45. The average molecular weight is 945 g/mol. The lowest BCUT2D eigenvalue weighted by molar-refractivity contribution is -0.0670.